The second-order valence-corrected chi connectivity index (χ2v) is 11.5. The van der Waals surface area contributed by atoms with Crippen LogP contribution in [0.25, 0.3) is 0 Å². The van der Waals surface area contributed by atoms with E-state index in [1.165, 1.54) is 32.1 Å². The van der Waals surface area contributed by atoms with Crippen molar-refractivity contribution in [2.24, 2.45) is 0 Å². The monoisotopic (exact) mass is 524 g/mol. The molecule has 0 bridgehead atoms. The number of nitrogens with zero attached hydrogens (tertiary/aromatic N) is 1. The molecule has 0 rings (SSSR count). The number of esters is 2. The molecule has 0 saturated heterocycles. The van der Waals surface area contributed by atoms with Gasteiger partial charge in [-0.1, -0.05) is 71.6 Å². The smallest absolute Gasteiger partial charge is 0.462 e. The average Bonchev–Trinajstić information content (AvgIpc) is 2.76. The van der Waals surface area contributed by atoms with Crippen molar-refractivity contribution in [1.29, 1.82) is 0 Å². The van der Waals surface area contributed by atoms with Crippen molar-refractivity contribution >= 4 is 19.8 Å². The molecule has 0 saturated carbocycles. The van der Waals surface area contributed by atoms with E-state index in [-0.39, 0.29) is 26.1 Å². The summed E-state index contributed by atoms with van der Waals surface area (Å²) in [6.07, 6.45) is 11.0. The quantitative estimate of drug-likeness (QED) is 0.0820. The van der Waals surface area contributed by atoms with E-state index < -0.39 is 32.5 Å². The van der Waals surface area contributed by atoms with Crippen LogP contribution in [0.4, 0.5) is 0 Å². The average molecular weight is 525 g/mol. The first-order valence-corrected chi connectivity index (χ1v) is 14.8. The van der Waals surface area contributed by atoms with Gasteiger partial charge < -0.3 is 18.9 Å². The third kappa shape index (κ3) is 23.2. The van der Waals surface area contributed by atoms with Gasteiger partial charge in [0.05, 0.1) is 27.7 Å². The summed E-state index contributed by atoms with van der Waals surface area (Å²) in [5, 5.41) is 0. The van der Waals surface area contributed by atoms with Gasteiger partial charge in [-0.15, -0.1) is 0 Å². The predicted molar refractivity (Wildman–Crippen MR) is 137 cm³/mol. The van der Waals surface area contributed by atoms with E-state index in [2.05, 4.69) is 6.92 Å². The van der Waals surface area contributed by atoms with Crippen LogP contribution in [0.2, 0.25) is 0 Å². The number of ether oxygens (including phenoxy) is 2. The second-order valence-electron chi connectivity index (χ2n) is 10.1. The molecule has 0 aliphatic heterocycles. The van der Waals surface area contributed by atoms with E-state index >= 15 is 0 Å². The molecule has 0 aromatic heterocycles. The fraction of sp³-hybridized carbons (Fsp3) is 0.920. The number of carbonyl (C=O) groups excluding carboxylic acids is 2. The highest BCUT2D eigenvalue weighted by Crippen LogP contribution is 2.43. The highest BCUT2D eigenvalue weighted by Gasteiger charge is 2.27. The van der Waals surface area contributed by atoms with E-state index in [4.69, 9.17) is 18.5 Å². The summed E-state index contributed by atoms with van der Waals surface area (Å²) >= 11 is 0. The summed E-state index contributed by atoms with van der Waals surface area (Å²) in [5.41, 5.74) is 0. The Morgan fingerprint density at radius 1 is 0.771 bits per heavy atom. The largest absolute Gasteiger partial charge is 0.472 e. The molecule has 0 amide bonds. The van der Waals surface area contributed by atoms with Gasteiger partial charge in [0, 0.05) is 12.8 Å². The first-order chi connectivity index (χ1) is 16.5. The molecule has 0 radical (unpaired) electrons. The topological polar surface area (TPSA) is 108 Å². The molecular weight excluding hydrogens is 473 g/mol. The Morgan fingerprint density at radius 2 is 1.29 bits per heavy atom. The number of phosphoric ester groups is 1. The van der Waals surface area contributed by atoms with Crippen molar-refractivity contribution in [3.05, 3.63) is 0 Å². The SMILES string of the molecule is CCCCCCCCCCC(=O)O[C@H](COC(=O)CCCCC)COP(=O)(O)OCC[N+](C)(C)C. The molecule has 0 spiro atoms. The number of hydrogen-bond acceptors (Lipinski definition) is 7. The van der Waals surface area contributed by atoms with Crippen LogP contribution >= 0.6 is 7.82 Å². The van der Waals surface area contributed by atoms with E-state index in [0.717, 1.165) is 32.1 Å². The molecule has 0 aliphatic rings. The van der Waals surface area contributed by atoms with E-state index in [0.29, 0.717) is 17.4 Å². The summed E-state index contributed by atoms with van der Waals surface area (Å²) < 4.78 is 33.4. The Balaban J connectivity index is 4.55. The number of likely N-dealkylation sites (N-methyl/N-ethyl adjacent to an activating group) is 1. The highest BCUT2D eigenvalue weighted by atomic mass is 31.2. The molecule has 0 aromatic carbocycles. The molecule has 2 atom stereocenters. The van der Waals surface area contributed by atoms with Crippen molar-refractivity contribution in [2.45, 2.75) is 103 Å². The Morgan fingerprint density at radius 3 is 1.89 bits per heavy atom. The van der Waals surface area contributed by atoms with Crippen molar-refractivity contribution in [2.75, 3.05) is 47.5 Å². The van der Waals surface area contributed by atoms with Gasteiger partial charge in [-0.25, -0.2) is 4.57 Å². The van der Waals surface area contributed by atoms with Crippen molar-refractivity contribution in [3.63, 3.8) is 0 Å². The Bertz CT molecular complexity index is 609. The lowest BCUT2D eigenvalue weighted by molar-refractivity contribution is -0.870. The lowest BCUT2D eigenvalue weighted by atomic mass is 10.1. The zero-order valence-corrected chi connectivity index (χ0v) is 23.7. The summed E-state index contributed by atoms with van der Waals surface area (Å²) in [5.74, 6) is -0.834. The van der Waals surface area contributed by atoms with Crippen molar-refractivity contribution < 1.29 is 42.1 Å². The van der Waals surface area contributed by atoms with Gasteiger partial charge in [-0.2, -0.15) is 0 Å². The second kappa shape index (κ2) is 20.1. The van der Waals surface area contributed by atoms with Gasteiger partial charge in [0.2, 0.25) is 0 Å². The molecule has 208 valence electrons. The lowest BCUT2D eigenvalue weighted by Crippen LogP contribution is -2.37. The number of carbonyl (C=O) groups is 2. The normalized spacial score (nSPS) is 14.3. The van der Waals surface area contributed by atoms with E-state index in [9.17, 15) is 19.0 Å². The van der Waals surface area contributed by atoms with Gasteiger partial charge in [-0.3, -0.25) is 18.6 Å². The van der Waals surface area contributed by atoms with Gasteiger partial charge >= 0.3 is 19.8 Å². The summed E-state index contributed by atoms with van der Waals surface area (Å²) in [7, 11) is 1.47. The van der Waals surface area contributed by atoms with Gasteiger partial charge in [0.25, 0.3) is 0 Å². The minimum Gasteiger partial charge on any atom is -0.462 e. The maximum Gasteiger partial charge on any atom is 0.472 e. The fourth-order valence-electron chi connectivity index (χ4n) is 3.19. The number of phosphoric acid groups is 1. The maximum absolute atomic E-state index is 12.3. The predicted octanol–water partition coefficient (Wildman–Crippen LogP) is 5.39. The summed E-state index contributed by atoms with van der Waals surface area (Å²) in [4.78, 5) is 34.2. The molecular formula is C25H51NO8P+. The number of rotatable bonds is 23. The van der Waals surface area contributed by atoms with Gasteiger partial charge in [-0.05, 0) is 12.8 Å². The number of unbranched alkanes of at least 4 members (excludes halogenated alkanes) is 9. The van der Waals surface area contributed by atoms with Crippen LogP contribution in [0.3, 0.4) is 0 Å². The molecule has 0 aromatic rings. The number of hydrogen-bond donors (Lipinski definition) is 1. The van der Waals surface area contributed by atoms with Crippen LogP contribution in [-0.2, 0) is 32.7 Å². The first-order valence-electron chi connectivity index (χ1n) is 13.3. The van der Waals surface area contributed by atoms with E-state index in [1.54, 1.807) is 0 Å². The fourth-order valence-corrected chi connectivity index (χ4v) is 3.93. The first kappa shape index (κ1) is 34.0. The number of quaternary nitrogens is 1. The van der Waals surface area contributed by atoms with Crippen LogP contribution in [0.1, 0.15) is 97.3 Å². The molecule has 1 unspecified atom stereocenters. The minimum absolute atomic E-state index is 0.0343. The molecule has 0 heterocycles. The maximum atomic E-state index is 12.3. The van der Waals surface area contributed by atoms with Gasteiger partial charge in [0.1, 0.15) is 19.8 Å². The van der Waals surface area contributed by atoms with E-state index in [1.807, 2.05) is 28.1 Å². The molecule has 1 N–H and O–H groups in total. The third-order valence-corrected chi connectivity index (χ3v) is 6.37. The summed E-state index contributed by atoms with van der Waals surface area (Å²) in [6, 6.07) is 0. The van der Waals surface area contributed by atoms with Crippen LogP contribution < -0.4 is 0 Å². The minimum atomic E-state index is -4.33. The molecule has 10 heteroatoms. The van der Waals surface area contributed by atoms with Crippen LogP contribution in [0.5, 0.6) is 0 Å². The summed E-state index contributed by atoms with van der Waals surface area (Å²) in [6.45, 7) is 4.15. The van der Waals surface area contributed by atoms with Gasteiger partial charge in [0.15, 0.2) is 6.10 Å². The zero-order chi connectivity index (χ0) is 26.6. The van der Waals surface area contributed by atoms with Crippen LogP contribution in [-0.4, -0.2) is 74.9 Å². The third-order valence-electron chi connectivity index (χ3n) is 5.39. The van der Waals surface area contributed by atoms with Crippen molar-refractivity contribution in [1.82, 2.24) is 0 Å². The standard InChI is InChI=1S/C25H50NO8P/c1-6-8-10-11-12-13-14-16-18-25(28)34-23(21-31-24(27)17-15-9-7-2)22-33-35(29,30)32-20-19-26(3,4)5/h23H,6-22H2,1-5H3/p+1/t23-/m1/s1. The Labute approximate surface area is 213 Å². The zero-order valence-electron chi connectivity index (χ0n) is 22.8. The highest BCUT2D eigenvalue weighted by molar-refractivity contribution is 7.47. The van der Waals surface area contributed by atoms with Crippen molar-refractivity contribution in [3.8, 4) is 0 Å². The van der Waals surface area contributed by atoms with Crippen LogP contribution in [0, 0.1) is 0 Å². The Hall–Kier alpha value is -0.990. The Kier molecular flexibility index (Phi) is 19.5. The molecule has 0 aliphatic carbocycles. The van der Waals surface area contributed by atoms with Crippen LogP contribution in [0.15, 0.2) is 0 Å². The molecule has 9 nitrogen and oxygen atoms in total. The molecule has 35 heavy (non-hydrogen) atoms. The molecule has 0 fully saturated rings. The lowest BCUT2D eigenvalue weighted by Gasteiger charge is -2.24.